The summed E-state index contributed by atoms with van der Waals surface area (Å²) in [7, 11) is 0. The molecule has 0 saturated carbocycles. The number of rotatable bonds is 4. The smallest absolute Gasteiger partial charge is 0.0699 e. The Balaban J connectivity index is 2.46. The van der Waals surface area contributed by atoms with Crippen molar-refractivity contribution in [1.29, 1.82) is 0 Å². The van der Waals surface area contributed by atoms with Crippen LogP contribution in [0.25, 0.3) is 0 Å². The lowest BCUT2D eigenvalue weighted by Crippen LogP contribution is -1.95. The maximum absolute atomic E-state index is 4.75. The highest BCUT2D eigenvalue weighted by atomic mass is 14.7. The van der Waals surface area contributed by atoms with Gasteiger partial charge in [0, 0.05) is 24.2 Å². The van der Waals surface area contributed by atoms with Gasteiger partial charge < -0.3 is 0 Å². The van der Waals surface area contributed by atoms with Crippen molar-refractivity contribution in [3.05, 3.63) is 59.4 Å². The van der Waals surface area contributed by atoms with Crippen LogP contribution in [0.3, 0.4) is 0 Å². The van der Waals surface area contributed by atoms with E-state index >= 15 is 0 Å². The molecule has 0 aliphatic heterocycles. The Bertz CT molecular complexity index is 557. The predicted molar refractivity (Wildman–Crippen MR) is 86.1 cm³/mol. The van der Waals surface area contributed by atoms with Gasteiger partial charge in [-0.3, -0.25) is 9.98 Å². The lowest BCUT2D eigenvalue weighted by molar-refractivity contribution is 0.835. The van der Waals surface area contributed by atoms with Gasteiger partial charge in [-0.1, -0.05) is 52.0 Å². The maximum atomic E-state index is 4.75. The molecule has 0 unspecified atom stereocenters. The van der Waals surface area contributed by atoms with Crippen LogP contribution in [0.5, 0.6) is 0 Å². The molecule has 2 rings (SSSR count). The summed E-state index contributed by atoms with van der Waals surface area (Å²) in [6.07, 6.45) is 5.51. The van der Waals surface area contributed by atoms with Crippen LogP contribution in [0.4, 0.5) is 5.69 Å². The van der Waals surface area contributed by atoms with Gasteiger partial charge in [-0.2, -0.15) is 0 Å². The summed E-state index contributed by atoms with van der Waals surface area (Å²) in [4.78, 5) is 8.87. The fourth-order valence-corrected chi connectivity index (χ4v) is 2.25. The largest absolute Gasteiger partial charge is 0.264 e. The number of pyridine rings is 1. The number of benzene rings is 1. The predicted octanol–water partition coefficient (Wildman–Crippen LogP) is 5.08. The first-order valence-corrected chi connectivity index (χ1v) is 7.16. The second-order valence-corrected chi connectivity index (χ2v) is 5.64. The Hall–Kier alpha value is -1.96. The first kappa shape index (κ1) is 14.4. The quantitative estimate of drug-likeness (QED) is 0.708. The molecule has 0 bridgehead atoms. The summed E-state index contributed by atoms with van der Waals surface area (Å²) in [6.45, 7) is 8.84. The number of para-hydroxylation sites is 1. The summed E-state index contributed by atoms with van der Waals surface area (Å²) in [6, 6.07) is 10.4. The highest BCUT2D eigenvalue weighted by Gasteiger charge is 2.12. The Morgan fingerprint density at radius 2 is 1.60 bits per heavy atom. The summed E-state index contributed by atoms with van der Waals surface area (Å²) in [5.74, 6) is 0.935. The maximum Gasteiger partial charge on any atom is 0.0699 e. The molecule has 1 aromatic heterocycles. The number of nitrogens with zero attached hydrogens (tertiary/aromatic N) is 2. The van der Waals surface area contributed by atoms with E-state index in [9.17, 15) is 0 Å². The van der Waals surface area contributed by atoms with Gasteiger partial charge in [0.05, 0.1) is 5.69 Å². The minimum Gasteiger partial charge on any atom is -0.264 e. The highest BCUT2D eigenvalue weighted by Crippen LogP contribution is 2.34. The van der Waals surface area contributed by atoms with Crippen molar-refractivity contribution in [2.45, 2.75) is 39.5 Å². The van der Waals surface area contributed by atoms with E-state index in [1.165, 1.54) is 11.1 Å². The van der Waals surface area contributed by atoms with Gasteiger partial charge in [0.1, 0.15) is 0 Å². The Morgan fingerprint density at radius 3 is 2.10 bits per heavy atom. The number of hydrogen-bond donors (Lipinski definition) is 0. The van der Waals surface area contributed by atoms with Gasteiger partial charge in [0.25, 0.3) is 0 Å². The molecule has 0 radical (unpaired) electrons. The van der Waals surface area contributed by atoms with E-state index in [2.05, 4.69) is 50.9 Å². The van der Waals surface area contributed by atoms with E-state index in [1.54, 1.807) is 6.20 Å². The molecule has 0 spiro atoms. The third-order valence-corrected chi connectivity index (χ3v) is 3.37. The third kappa shape index (κ3) is 3.32. The Morgan fingerprint density at radius 1 is 0.950 bits per heavy atom. The molecule has 1 aromatic carbocycles. The fraction of sp³-hybridized carbons (Fsp3) is 0.333. The molecule has 0 saturated heterocycles. The lowest BCUT2D eigenvalue weighted by Gasteiger charge is -2.16. The average Bonchev–Trinajstić information content (AvgIpc) is 2.45. The summed E-state index contributed by atoms with van der Waals surface area (Å²) < 4.78 is 0. The number of hydrogen-bond acceptors (Lipinski definition) is 2. The molecule has 2 aromatic rings. The van der Waals surface area contributed by atoms with Gasteiger partial charge in [0.15, 0.2) is 0 Å². The first-order valence-electron chi connectivity index (χ1n) is 7.16. The molecule has 2 heteroatoms. The normalized spacial score (nSPS) is 11.7. The van der Waals surface area contributed by atoms with Gasteiger partial charge in [0.2, 0.25) is 0 Å². The van der Waals surface area contributed by atoms with Crippen LogP contribution in [-0.2, 0) is 0 Å². The molecule has 0 amide bonds. The summed E-state index contributed by atoms with van der Waals surface area (Å²) in [5.41, 5.74) is 4.75. The molecular weight excluding hydrogens is 244 g/mol. The average molecular weight is 266 g/mol. The van der Waals surface area contributed by atoms with E-state index in [4.69, 9.17) is 4.99 Å². The van der Waals surface area contributed by atoms with Crippen molar-refractivity contribution in [1.82, 2.24) is 4.98 Å². The van der Waals surface area contributed by atoms with Crippen LogP contribution >= 0.6 is 0 Å². The van der Waals surface area contributed by atoms with Crippen molar-refractivity contribution in [3.63, 3.8) is 0 Å². The first-order chi connectivity index (χ1) is 9.59. The highest BCUT2D eigenvalue weighted by molar-refractivity contribution is 5.82. The SMILES string of the molecule is CC(C)c1cccc(C(C)C)c1N=Cc1cccnc1. The van der Waals surface area contributed by atoms with Crippen LogP contribution < -0.4 is 0 Å². The number of aromatic nitrogens is 1. The molecule has 104 valence electrons. The van der Waals surface area contributed by atoms with Gasteiger partial charge in [-0.05, 0) is 29.0 Å². The van der Waals surface area contributed by atoms with E-state index in [1.807, 2.05) is 24.5 Å². The molecule has 0 atom stereocenters. The zero-order chi connectivity index (χ0) is 14.5. The van der Waals surface area contributed by atoms with Crippen molar-refractivity contribution in [2.24, 2.45) is 4.99 Å². The summed E-state index contributed by atoms with van der Waals surface area (Å²) >= 11 is 0. The molecule has 0 aliphatic carbocycles. The van der Waals surface area contributed by atoms with Gasteiger partial charge >= 0.3 is 0 Å². The second kappa shape index (κ2) is 6.47. The third-order valence-electron chi connectivity index (χ3n) is 3.37. The molecule has 20 heavy (non-hydrogen) atoms. The number of aliphatic imine (C=N–C) groups is 1. The Kier molecular flexibility index (Phi) is 4.67. The molecule has 0 N–H and O–H groups in total. The minimum absolute atomic E-state index is 0.467. The van der Waals surface area contributed by atoms with E-state index < -0.39 is 0 Å². The standard InChI is InChI=1S/C18H22N2/c1-13(2)16-8-5-9-17(14(3)4)18(16)20-12-15-7-6-10-19-11-15/h5-14H,1-4H3. The molecular formula is C18H22N2. The summed E-state index contributed by atoms with van der Waals surface area (Å²) in [5, 5.41) is 0. The van der Waals surface area contributed by atoms with Crippen LogP contribution in [0.1, 0.15) is 56.2 Å². The van der Waals surface area contributed by atoms with Crippen molar-refractivity contribution < 1.29 is 0 Å². The van der Waals surface area contributed by atoms with Crippen LogP contribution in [-0.4, -0.2) is 11.2 Å². The van der Waals surface area contributed by atoms with Gasteiger partial charge in [-0.25, -0.2) is 0 Å². The topological polar surface area (TPSA) is 25.2 Å². The molecule has 1 heterocycles. The second-order valence-electron chi connectivity index (χ2n) is 5.64. The van der Waals surface area contributed by atoms with Crippen molar-refractivity contribution >= 4 is 11.9 Å². The van der Waals surface area contributed by atoms with E-state index in [0.29, 0.717) is 11.8 Å². The lowest BCUT2D eigenvalue weighted by atomic mass is 9.93. The van der Waals surface area contributed by atoms with E-state index in [-0.39, 0.29) is 0 Å². The Labute approximate surface area is 121 Å². The van der Waals surface area contributed by atoms with Crippen LogP contribution in [0.15, 0.2) is 47.7 Å². The molecule has 2 nitrogen and oxygen atoms in total. The van der Waals surface area contributed by atoms with Crippen LogP contribution in [0, 0.1) is 0 Å². The monoisotopic (exact) mass is 266 g/mol. The zero-order valence-electron chi connectivity index (χ0n) is 12.7. The zero-order valence-corrected chi connectivity index (χ0v) is 12.7. The van der Waals surface area contributed by atoms with Gasteiger partial charge in [-0.15, -0.1) is 0 Å². The van der Waals surface area contributed by atoms with E-state index in [0.717, 1.165) is 11.3 Å². The minimum atomic E-state index is 0.467. The van der Waals surface area contributed by atoms with Crippen molar-refractivity contribution in [2.75, 3.05) is 0 Å². The molecule has 0 aliphatic rings. The van der Waals surface area contributed by atoms with Crippen LogP contribution in [0.2, 0.25) is 0 Å². The van der Waals surface area contributed by atoms with Crippen molar-refractivity contribution in [3.8, 4) is 0 Å². The fourth-order valence-electron chi connectivity index (χ4n) is 2.25. The molecule has 0 fully saturated rings.